The summed E-state index contributed by atoms with van der Waals surface area (Å²) in [7, 11) is 3.00. The molecule has 60 valence electrons. The van der Waals surface area contributed by atoms with Crippen molar-refractivity contribution in [1.82, 2.24) is 12.3 Å². The largest absolute Gasteiger partial charge is 0.344 e. The Morgan fingerprint density at radius 3 is 0.625 bits per heavy atom. The van der Waals surface area contributed by atoms with Crippen LogP contribution in [0, 0.1) is 0 Å². The van der Waals surface area contributed by atoms with Crippen molar-refractivity contribution in [3.63, 3.8) is 0 Å². The Labute approximate surface area is 53.8 Å². The van der Waals surface area contributed by atoms with Crippen LogP contribution >= 0.6 is 0 Å². The molecule has 0 rings (SSSR count). The smallest absolute Gasteiger partial charge is 0.0195 e. The first-order chi connectivity index (χ1) is 2.00. The minimum atomic E-state index is 0. The van der Waals surface area contributed by atoms with E-state index in [9.17, 15) is 0 Å². The molecule has 4 heteroatoms. The highest BCUT2D eigenvalue weighted by atomic mass is 14.4. The Hall–Kier alpha value is -0.160. The van der Waals surface area contributed by atoms with Crippen LogP contribution in [0.4, 0.5) is 0 Å². The molecule has 0 fully saturated rings. The van der Waals surface area contributed by atoms with Crippen molar-refractivity contribution in [2.24, 2.45) is 11.5 Å². The molecule has 0 atom stereocenters. The predicted octanol–water partition coefficient (Wildman–Crippen LogP) is 0.746. The second kappa shape index (κ2) is 9110. The Bertz CT molecular complexity index is 8.00. The molecule has 0 saturated heterocycles. The van der Waals surface area contributed by atoms with E-state index in [4.69, 9.17) is 0 Å². The molecular weight excluding hydrogens is 104 g/mol. The zero-order valence-corrected chi connectivity index (χ0v) is 4.57. The molecule has 0 radical (unpaired) electrons. The molecule has 0 aliphatic heterocycles. The molecule has 0 aromatic carbocycles. The van der Waals surface area contributed by atoms with E-state index in [0.29, 0.717) is 0 Å². The molecule has 10 N–H and O–H groups in total. The minimum Gasteiger partial charge on any atom is -0.344 e. The fraction of sp³-hybridized carbons (Fsp3) is 1.00. The van der Waals surface area contributed by atoms with Gasteiger partial charge in [-0.15, -0.1) is 0 Å². The van der Waals surface area contributed by atoms with E-state index < -0.39 is 0 Å². The molecule has 0 unspecified atom stereocenters. The van der Waals surface area contributed by atoms with Gasteiger partial charge in [-0.3, -0.25) is 0 Å². The third-order valence-electron chi connectivity index (χ3n) is 0. The van der Waals surface area contributed by atoms with Crippen LogP contribution < -0.4 is 23.8 Å². The third kappa shape index (κ3) is 5340. The minimum absolute atomic E-state index is 0. The van der Waals surface area contributed by atoms with Crippen LogP contribution in [0.15, 0.2) is 0 Å². The highest BCUT2D eigenvalue weighted by Crippen LogP contribution is 0.471. The highest BCUT2D eigenvalue weighted by molar-refractivity contribution is 3.54. The first kappa shape index (κ1) is 108. The summed E-state index contributed by atoms with van der Waals surface area (Å²) in [5.41, 5.74) is 9.00. The lowest BCUT2D eigenvalue weighted by molar-refractivity contribution is 1.48. The van der Waals surface area contributed by atoms with Gasteiger partial charge in [0, 0.05) is 0 Å². The van der Waals surface area contributed by atoms with Crippen LogP contribution in [0.1, 0.15) is 14.9 Å². The van der Waals surface area contributed by atoms with Crippen molar-refractivity contribution in [3.05, 3.63) is 0 Å². The third-order valence-corrected chi connectivity index (χ3v) is 0. The maximum atomic E-state index is 4.50. The Morgan fingerprint density at radius 1 is 0.625 bits per heavy atom. The molecule has 0 bridgehead atoms. The summed E-state index contributed by atoms with van der Waals surface area (Å²) in [6.07, 6.45) is 0. The summed E-state index contributed by atoms with van der Waals surface area (Å²) in [6, 6.07) is 0. The lowest BCUT2D eigenvalue weighted by Crippen LogP contribution is -1.69. The van der Waals surface area contributed by atoms with Crippen LogP contribution in [-0.4, -0.2) is 14.1 Å². The molecule has 0 aromatic heterocycles. The molecule has 0 saturated carbocycles. The van der Waals surface area contributed by atoms with E-state index in [1.165, 1.54) is 14.1 Å². The number of nitrogens with two attached hydrogens (primary N) is 2. The quantitative estimate of drug-likeness (QED) is 0.384. The van der Waals surface area contributed by atoms with E-state index in [2.05, 4.69) is 11.5 Å². The average molecular weight is 128 g/mol. The lowest BCUT2D eigenvalue weighted by Gasteiger charge is -1.19. The number of hydrogen-bond acceptors (Lipinski definition) is 4. The van der Waals surface area contributed by atoms with Crippen LogP contribution in [0.25, 0.3) is 0 Å². The van der Waals surface area contributed by atoms with Crippen LogP contribution in [0.3, 0.4) is 0 Å². The molecule has 8 heavy (non-hydrogen) atoms. The SMILES string of the molecule is C.C.CN.CN.N.N. The first-order valence-electron chi connectivity index (χ1n) is 1.15. The standard InChI is InChI=1S/2CH5N.2CH4.2H3N/c2*1-2;;;;/h2*2H2,1H3;2*1H4;2*1H3. The fourth-order valence-electron chi connectivity index (χ4n) is 0. The van der Waals surface area contributed by atoms with Gasteiger partial charge >= 0.3 is 0 Å². The Kier molecular flexibility index (Phi) is 123000. The van der Waals surface area contributed by atoms with Crippen molar-refractivity contribution < 1.29 is 0 Å². The van der Waals surface area contributed by atoms with Gasteiger partial charge < -0.3 is 23.8 Å². The van der Waals surface area contributed by atoms with Gasteiger partial charge in [-0.2, -0.15) is 0 Å². The molecule has 0 aliphatic rings. The maximum absolute atomic E-state index is 4.50. The normalized spacial score (nSPS) is 1.50. The molecule has 4 nitrogen and oxygen atoms in total. The molecule has 0 heterocycles. The van der Waals surface area contributed by atoms with Crippen molar-refractivity contribution in [2.45, 2.75) is 14.9 Å². The van der Waals surface area contributed by atoms with Gasteiger partial charge in [-0.25, -0.2) is 0 Å². The monoisotopic (exact) mass is 128 g/mol. The molecule has 0 spiro atoms. The molecular formula is C4H24N4. The van der Waals surface area contributed by atoms with Gasteiger partial charge in [-0.05, 0) is 14.1 Å². The summed E-state index contributed by atoms with van der Waals surface area (Å²) in [5.74, 6) is 0. The van der Waals surface area contributed by atoms with Gasteiger partial charge in [-0.1, -0.05) is 14.9 Å². The molecule has 0 aromatic rings. The van der Waals surface area contributed by atoms with Crippen LogP contribution in [-0.2, 0) is 0 Å². The second-order valence-electron chi connectivity index (χ2n) is 0. The summed E-state index contributed by atoms with van der Waals surface area (Å²) in [5, 5.41) is 0. The first-order valence-corrected chi connectivity index (χ1v) is 1.15. The van der Waals surface area contributed by atoms with Gasteiger partial charge in [0.05, 0.1) is 0 Å². The predicted molar refractivity (Wildman–Crippen MR) is 43.7 cm³/mol. The van der Waals surface area contributed by atoms with Crippen molar-refractivity contribution in [2.75, 3.05) is 14.1 Å². The van der Waals surface area contributed by atoms with Crippen molar-refractivity contribution >= 4 is 0 Å². The van der Waals surface area contributed by atoms with E-state index in [0.717, 1.165) is 0 Å². The average Bonchev–Trinajstić information content (AvgIpc) is 1.50. The van der Waals surface area contributed by atoms with Gasteiger partial charge in [0.2, 0.25) is 0 Å². The zero-order valence-electron chi connectivity index (χ0n) is 4.57. The van der Waals surface area contributed by atoms with Crippen molar-refractivity contribution in [3.8, 4) is 0 Å². The van der Waals surface area contributed by atoms with E-state index in [1.54, 1.807) is 0 Å². The van der Waals surface area contributed by atoms with Crippen LogP contribution in [0.5, 0.6) is 0 Å². The number of rotatable bonds is 0. The summed E-state index contributed by atoms with van der Waals surface area (Å²) < 4.78 is 0. The Balaban J connectivity index is -0.00000000167. The lowest BCUT2D eigenvalue weighted by atomic mass is 11.6. The number of hydrogen-bond donors (Lipinski definition) is 4. The van der Waals surface area contributed by atoms with Crippen LogP contribution in [0.2, 0.25) is 0 Å². The van der Waals surface area contributed by atoms with Gasteiger partial charge in [0.25, 0.3) is 0 Å². The summed E-state index contributed by atoms with van der Waals surface area (Å²) >= 11 is 0. The van der Waals surface area contributed by atoms with E-state index in [-0.39, 0.29) is 27.2 Å². The van der Waals surface area contributed by atoms with Gasteiger partial charge in [0.1, 0.15) is 0 Å². The molecule has 0 amide bonds. The maximum Gasteiger partial charge on any atom is -0.0195 e. The molecule has 0 aliphatic carbocycles. The fourth-order valence-corrected chi connectivity index (χ4v) is 0. The topological polar surface area (TPSA) is 122 Å². The second-order valence-corrected chi connectivity index (χ2v) is 0. The summed E-state index contributed by atoms with van der Waals surface area (Å²) in [6.45, 7) is 0. The van der Waals surface area contributed by atoms with E-state index in [1.807, 2.05) is 0 Å². The summed E-state index contributed by atoms with van der Waals surface area (Å²) in [4.78, 5) is 0. The van der Waals surface area contributed by atoms with Gasteiger partial charge in [0.15, 0.2) is 0 Å². The Morgan fingerprint density at radius 2 is 0.625 bits per heavy atom. The van der Waals surface area contributed by atoms with E-state index >= 15 is 0 Å². The zero-order chi connectivity index (χ0) is 4.00. The van der Waals surface area contributed by atoms with Crippen molar-refractivity contribution in [1.29, 1.82) is 0 Å². The highest BCUT2D eigenvalue weighted by Gasteiger charge is 0.838.